The molecule has 126 valence electrons. The molecule has 0 aromatic rings. The molecule has 3 unspecified atom stereocenters. The number of aliphatic hydroxyl groups excluding tert-OH is 1. The Morgan fingerprint density at radius 3 is 2.41 bits per heavy atom. The first-order valence-electron chi connectivity index (χ1n) is 8.72. The van der Waals surface area contributed by atoms with Gasteiger partial charge in [-0.2, -0.15) is 0 Å². The number of carbonyl (C=O) groups excluding carboxylic acids is 2. The van der Waals surface area contributed by atoms with Gasteiger partial charge in [0, 0.05) is 25.4 Å². The summed E-state index contributed by atoms with van der Waals surface area (Å²) in [7, 11) is 1.76. The monoisotopic (exact) mass is 310 g/mol. The fourth-order valence-corrected chi connectivity index (χ4v) is 3.76. The molecule has 2 saturated carbocycles. The Morgan fingerprint density at radius 2 is 1.82 bits per heavy atom. The van der Waals surface area contributed by atoms with Crippen molar-refractivity contribution in [3.8, 4) is 0 Å². The van der Waals surface area contributed by atoms with Crippen molar-refractivity contribution in [1.82, 2.24) is 10.2 Å². The molecule has 2 aliphatic carbocycles. The summed E-state index contributed by atoms with van der Waals surface area (Å²) in [4.78, 5) is 26.3. The average Bonchev–Trinajstić information content (AvgIpc) is 2.92. The molecule has 0 heterocycles. The lowest BCUT2D eigenvalue weighted by atomic mass is 9.88. The molecule has 5 heteroatoms. The largest absolute Gasteiger partial charge is 0.393 e. The second-order valence-electron chi connectivity index (χ2n) is 7.04. The average molecular weight is 310 g/mol. The van der Waals surface area contributed by atoms with Crippen LogP contribution in [0.2, 0.25) is 0 Å². The van der Waals surface area contributed by atoms with Gasteiger partial charge in [-0.05, 0) is 32.6 Å². The zero-order chi connectivity index (χ0) is 16.1. The second-order valence-corrected chi connectivity index (χ2v) is 7.04. The number of carbonyl (C=O) groups is 2. The molecule has 0 spiro atoms. The summed E-state index contributed by atoms with van der Waals surface area (Å²) in [6, 6.07) is -0.488. The molecule has 0 aromatic carbocycles. The molecule has 0 aromatic heterocycles. The molecule has 0 radical (unpaired) electrons. The third-order valence-corrected chi connectivity index (χ3v) is 5.21. The van der Waals surface area contributed by atoms with E-state index in [0.29, 0.717) is 6.54 Å². The summed E-state index contributed by atoms with van der Waals surface area (Å²) in [6.45, 7) is 2.33. The Kier molecular flexibility index (Phi) is 6.24. The van der Waals surface area contributed by atoms with Gasteiger partial charge < -0.3 is 15.3 Å². The van der Waals surface area contributed by atoms with Crippen LogP contribution in [0.15, 0.2) is 0 Å². The molecule has 22 heavy (non-hydrogen) atoms. The molecule has 0 bridgehead atoms. The molecule has 3 atom stereocenters. The van der Waals surface area contributed by atoms with E-state index in [9.17, 15) is 14.7 Å². The summed E-state index contributed by atoms with van der Waals surface area (Å²) in [5.41, 5.74) is 0. The maximum absolute atomic E-state index is 12.4. The highest BCUT2D eigenvalue weighted by Gasteiger charge is 2.30. The van der Waals surface area contributed by atoms with Crippen LogP contribution in [-0.2, 0) is 9.59 Å². The van der Waals surface area contributed by atoms with E-state index in [0.717, 1.165) is 44.9 Å². The molecular weight excluding hydrogens is 280 g/mol. The van der Waals surface area contributed by atoms with E-state index in [-0.39, 0.29) is 29.8 Å². The Labute approximate surface area is 133 Å². The number of hydrogen-bond acceptors (Lipinski definition) is 3. The van der Waals surface area contributed by atoms with E-state index < -0.39 is 6.04 Å². The van der Waals surface area contributed by atoms with Gasteiger partial charge in [0.25, 0.3) is 0 Å². The first-order chi connectivity index (χ1) is 10.5. The fraction of sp³-hybridized carbons (Fsp3) is 0.882. The van der Waals surface area contributed by atoms with E-state index in [4.69, 9.17) is 0 Å². The summed E-state index contributed by atoms with van der Waals surface area (Å²) in [5, 5.41) is 12.7. The molecule has 2 rings (SSSR count). The van der Waals surface area contributed by atoms with Crippen LogP contribution >= 0.6 is 0 Å². The van der Waals surface area contributed by atoms with E-state index >= 15 is 0 Å². The van der Waals surface area contributed by atoms with Crippen molar-refractivity contribution in [2.24, 2.45) is 11.8 Å². The van der Waals surface area contributed by atoms with E-state index in [1.807, 2.05) is 0 Å². The zero-order valence-electron chi connectivity index (χ0n) is 13.9. The maximum Gasteiger partial charge on any atom is 0.244 e. The van der Waals surface area contributed by atoms with Crippen LogP contribution in [-0.4, -0.2) is 47.6 Å². The van der Waals surface area contributed by atoms with Crippen molar-refractivity contribution >= 4 is 11.8 Å². The Balaban J connectivity index is 1.78. The number of amides is 2. The van der Waals surface area contributed by atoms with Crippen LogP contribution in [0, 0.1) is 11.8 Å². The predicted molar refractivity (Wildman–Crippen MR) is 85.2 cm³/mol. The molecule has 5 nitrogen and oxygen atoms in total. The third-order valence-electron chi connectivity index (χ3n) is 5.21. The number of rotatable bonds is 5. The molecular formula is C17H30N2O3. The smallest absolute Gasteiger partial charge is 0.244 e. The first-order valence-corrected chi connectivity index (χ1v) is 8.72. The van der Waals surface area contributed by atoms with Gasteiger partial charge in [-0.3, -0.25) is 9.59 Å². The minimum absolute atomic E-state index is 0.0230. The standard InChI is InChI=1S/C17H30N2O3/c1-12(18-16(21)13-7-4-3-5-8-13)17(22)19(2)11-14-9-6-10-15(14)20/h12-15,20H,3-11H2,1-2H3,(H,18,21). The quantitative estimate of drug-likeness (QED) is 0.812. The van der Waals surface area contributed by atoms with E-state index in [2.05, 4.69) is 5.32 Å². The predicted octanol–water partition coefficient (Wildman–Crippen LogP) is 1.69. The van der Waals surface area contributed by atoms with Gasteiger partial charge >= 0.3 is 0 Å². The summed E-state index contributed by atoms with van der Waals surface area (Å²) < 4.78 is 0. The number of nitrogens with zero attached hydrogens (tertiary/aromatic N) is 1. The Hall–Kier alpha value is -1.10. The third kappa shape index (κ3) is 4.45. The maximum atomic E-state index is 12.4. The van der Waals surface area contributed by atoms with Crippen molar-refractivity contribution in [3.05, 3.63) is 0 Å². The minimum atomic E-state index is -0.488. The first kappa shape index (κ1) is 17.3. The highest BCUT2D eigenvalue weighted by molar-refractivity contribution is 5.88. The van der Waals surface area contributed by atoms with Gasteiger partial charge in [0.2, 0.25) is 11.8 Å². The minimum Gasteiger partial charge on any atom is -0.393 e. The normalized spacial score (nSPS) is 27.4. The van der Waals surface area contributed by atoms with Crippen LogP contribution in [0.5, 0.6) is 0 Å². The zero-order valence-corrected chi connectivity index (χ0v) is 13.9. The molecule has 2 N–H and O–H groups in total. The number of aliphatic hydroxyl groups is 1. The van der Waals surface area contributed by atoms with Crippen molar-refractivity contribution in [3.63, 3.8) is 0 Å². The van der Waals surface area contributed by atoms with Crippen molar-refractivity contribution in [1.29, 1.82) is 0 Å². The van der Waals surface area contributed by atoms with Crippen LogP contribution in [0.1, 0.15) is 58.3 Å². The van der Waals surface area contributed by atoms with Gasteiger partial charge in [0.15, 0.2) is 0 Å². The topological polar surface area (TPSA) is 69.6 Å². The fourth-order valence-electron chi connectivity index (χ4n) is 3.76. The van der Waals surface area contributed by atoms with Crippen LogP contribution in [0.4, 0.5) is 0 Å². The number of likely N-dealkylation sites (N-methyl/N-ethyl adjacent to an activating group) is 1. The summed E-state index contributed by atoms with van der Waals surface area (Å²) in [5.74, 6) is 0.208. The lowest BCUT2D eigenvalue weighted by Gasteiger charge is -2.27. The number of hydrogen-bond donors (Lipinski definition) is 2. The second kappa shape index (κ2) is 7.95. The molecule has 2 fully saturated rings. The van der Waals surface area contributed by atoms with Gasteiger partial charge in [-0.25, -0.2) is 0 Å². The van der Waals surface area contributed by atoms with Crippen LogP contribution in [0.25, 0.3) is 0 Å². The lowest BCUT2D eigenvalue weighted by molar-refractivity contribution is -0.137. The van der Waals surface area contributed by atoms with Gasteiger partial charge in [0.1, 0.15) is 6.04 Å². The highest BCUT2D eigenvalue weighted by atomic mass is 16.3. The molecule has 0 saturated heterocycles. The van der Waals surface area contributed by atoms with Crippen LogP contribution in [0.3, 0.4) is 0 Å². The molecule has 0 aliphatic heterocycles. The summed E-state index contributed by atoms with van der Waals surface area (Å²) in [6.07, 6.45) is 7.87. The molecule has 2 amide bonds. The van der Waals surface area contributed by atoms with Gasteiger partial charge in [-0.1, -0.05) is 25.7 Å². The van der Waals surface area contributed by atoms with Crippen molar-refractivity contribution < 1.29 is 14.7 Å². The highest BCUT2D eigenvalue weighted by Crippen LogP contribution is 2.26. The van der Waals surface area contributed by atoms with E-state index in [1.165, 1.54) is 6.42 Å². The van der Waals surface area contributed by atoms with E-state index in [1.54, 1.807) is 18.9 Å². The lowest BCUT2D eigenvalue weighted by Crippen LogP contribution is -2.48. The van der Waals surface area contributed by atoms with Crippen LogP contribution < -0.4 is 5.32 Å². The Morgan fingerprint density at radius 1 is 1.14 bits per heavy atom. The SMILES string of the molecule is CC(NC(=O)C1CCCCC1)C(=O)N(C)CC1CCCC1O. The molecule has 2 aliphatic rings. The van der Waals surface area contributed by atoms with Crippen molar-refractivity contribution in [2.75, 3.05) is 13.6 Å². The number of nitrogens with one attached hydrogen (secondary N) is 1. The Bertz CT molecular complexity index is 393. The van der Waals surface area contributed by atoms with Gasteiger partial charge in [-0.15, -0.1) is 0 Å². The van der Waals surface area contributed by atoms with Gasteiger partial charge in [0.05, 0.1) is 6.10 Å². The summed E-state index contributed by atoms with van der Waals surface area (Å²) >= 11 is 0. The van der Waals surface area contributed by atoms with Crippen molar-refractivity contribution in [2.45, 2.75) is 70.4 Å².